The zero-order chi connectivity index (χ0) is 10.6. The van der Waals surface area contributed by atoms with Crippen LogP contribution in [0.25, 0.3) is 0 Å². The fourth-order valence-corrected chi connectivity index (χ4v) is 1.34. The second kappa shape index (κ2) is 4.85. The molecule has 1 aromatic rings. The lowest BCUT2D eigenvalue weighted by atomic mass is 10.1. The summed E-state index contributed by atoms with van der Waals surface area (Å²) in [7, 11) is 0. The molecule has 14 heavy (non-hydrogen) atoms. The van der Waals surface area contributed by atoms with Crippen molar-refractivity contribution in [2.75, 3.05) is 5.32 Å². The van der Waals surface area contributed by atoms with Crippen LogP contribution in [0.15, 0.2) is 30.0 Å². The molecule has 0 bridgehead atoms. The molecular weight excluding hydrogens is 170 g/mol. The van der Waals surface area contributed by atoms with E-state index in [0.717, 1.165) is 6.42 Å². The van der Waals surface area contributed by atoms with Crippen molar-refractivity contribution in [3.8, 4) is 0 Å². The predicted octanol–water partition coefficient (Wildman–Crippen LogP) is 4.03. The van der Waals surface area contributed by atoms with Crippen LogP contribution in [0.5, 0.6) is 0 Å². The average Bonchev–Trinajstić information content (AvgIpc) is 2.16. The van der Waals surface area contributed by atoms with E-state index in [1.54, 1.807) is 0 Å². The first-order valence-electron chi connectivity index (χ1n) is 5.13. The molecule has 0 aliphatic carbocycles. The Labute approximate surface area is 86.8 Å². The third kappa shape index (κ3) is 2.63. The van der Waals surface area contributed by atoms with Gasteiger partial charge in [-0.2, -0.15) is 0 Å². The van der Waals surface area contributed by atoms with Crippen molar-refractivity contribution in [2.24, 2.45) is 0 Å². The van der Waals surface area contributed by atoms with Crippen LogP contribution in [0, 0.1) is 13.8 Å². The van der Waals surface area contributed by atoms with Gasteiger partial charge in [-0.3, -0.25) is 0 Å². The minimum absolute atomic E-state index is 1.10. The van der Waals surface area contributed by atoms with E-state index in [2.05, 4.69) is 57.4 Å². The van der Waals surface area contributed by atoms with E-state index < -0.39 is 0 Å². The number of aryl methyl sites for hydroxylation is 2. The second-order valence-corrected chi connectivity index (χ2v) is 3.76. The molecule has 0 atom stereocenters. The van der Waals surface area contributed by atoms with E-state index in [4.69, 9.17) is 0 Å². The molecule has 0 fully saturated rings. The van der Waals surface area contributed by atoms with Crippen molar-refractivity contribution in [1.29, 1.82) is 0 Å². The third-order valence-corrected chi connectivity index (χ3v) is 2.50. The molecule has 0 heterocycles. The van der Waals surface area contributed by atoms with Gasteiger partial charge in [0.05, 0.1) is 0 Å². The number of rotatable bonds is 3. The second-order valence-electron chi connectivity index (χ2n) is 3.76. The summed E-state index contributed by atoms with van der Waals surface area (Å²) in [5, 5.41) is 3.37. The largest absolute Gasteiger partial charge is 0.361 e. The third-order valence-electron chi connectivity index (χ3n) is 2.50. The molecule has 1 nitrogen and oxygen atoms in total. The number of hydrogen-bond acceptors (Lipinski definition) is 1. The number of hydrogen-bond donors (Lipinski definition) is 1. The highest BCUT2D eigenvalue weighted by Gasteiger charge is 1.98. The van der Waals surface area contributed by atoms with Gasteiger partial charge in [0.1, 0.15) is 0 Å². The first-order valence-corrected chi connectivity index (χ1v) is 5.13. The minimum atomic E-state index is 1.10. The number of allylic oxidation sites excluding steroid dienone is 1. The highest BCUT2D eigenvalue weighted by molar-refractivity contribution is 5.58. The molecule has 1 rings (SSSR count). The number of benzene rings is 1. The lowest BCUT2D eigenvalue weighted by Crippen LogP contribution is -1.95. The summed E-state index contributed by atoms with van der Waals surface area (Å²) in [5.74, 6) is 0. The summed E-state index contributed by atoms with van der Waals surface area (Å²) in [6.45, 7) is 8.56. The van der Waals surface area contributed by atoms with E-state index in [1.807, 2.05) is 0 Å². The highest BCUT2D eigenvalue weighted by atomic mass is 14.8. The Bertz CT molecular complexity index is 317. The van der Waals surface area contributed by atoms with Gasteiger partial charge in [-0.25, -0.2) is 0 Å². The first-order chi connectivity index (χ1) is 6.65. The van der Waals surface area contributed by atoms with E-state index in [9.17, 15) is 0 Å². The summed E-state index contributed by atoms with van der Waals surface area (Å²) in [6.07, 6.45) is 3.19. The molecule has 76 valence electrons. The summed E-state index contributed by atoms with van der Waals surface area (Å²) in [4.78, 5) is 0. The van der Waals surface area contributed by atoms with Crippen LogP contribution in [0.3, 0.4) is 0 Å². The molecule has 1 aromatic carbocycles. The summed E-state index contributed by atoms with van der Waals surface area (Å²) in [6, 6.07) is 6.35. The number of para-hydroxylation sites is 1. The summed E-state index contributed by atoms with van der Waals surface area (Å²) in [5.41, 5.74) is 5.20. The van der Waals surface area contributed by atoms with E-state index in [1.165, 1.54) is 22.4 Å². The van der Waals surface area contributed by atoms with Crippen molar-refractivity contribution < 1.29 is 0 Å². The van der Waals surface area contributed by atoms with Crippen LogP contribution in [-0.2, 0) is 0 Å². The molecule has 0 aliphatic heterocycles. The molecule has 1 N–H and O–H groups in total. The van der Waals surface area contributed by atoms with Crippen molar-refractivity contribution in [3.63, 3.8) is 0 Å². The fraction of sp³-hybridized carbons (Fsp3) is 0.385. The summed E-state index contributed by atoms with van der Waals surface area (Å²) < 4.78 is 0. The molecule has 0 amide bonds. The van der Waals surface area contributed by atoms with Gasteiger partial charge in [0.15, 0.2) is 0 Å². The van der Waals surface area contributed by atoms with Crippen LogP contribution in [-0.4, -0.2) is 0 Å². The van der Waals surface area contributed by atoms with Gasteiger partial charge < -0.3 is 5.32 Å². The number of nitrogens with one attached hydrogen (secondary N) is 1. The van der Waals surface area contributed by atoms with Crippen LogP contribution in [0.4, 0.5) is 5.69 Å². The van der Waals surface area contributed by atoms with E-state index in [0.29, 0.717) is 0 Å². The Morgan fingerprint density at radius 2 is 1.86 bits per heavy atom. The monoisotopic (exact) mass is 189 g/mol. The maximum Gasteiger partial charge on any atom is 0.0439 e. The lowest BCUT2D eigenvalue weighted by Gasteiger charge is -2.09. The molecule has 0 saturated heterocycles. The topological polar surface area (TPSA) is 12.0 Å². The molecular formula is C13H19N. The van der Waals surface area contributed by atoms with Crippen molar-refractivity contribution >= 4 is 5.69 Å². The Hall–Kier alpha value is -1.24. The minimum Gasteiger partial charge on any atom is -0.361 e. The Morgan fingerprint density at radius 1 is 1.29 bits per heavy atom. The number of anilines is 1. The van der Waals surface area contributed by atoms with Crippen LogP contribution >= 0.6 is 0 Å². The quantitative estimate of drug-likeness (QED) is 0.757. The smallest absolute Gasteiger partial charge is 0.0439 e. The average molecular weight is 189 g/mol. The molecule has 0 aromatic heterocycles. The Kier molecular flexibility index (Phi) is 3.75. The van der Waals surface area contributed by atoms with Gasteiger partial charge in [-0.05, 0) is 44.5 Å². The maximum atomic E-state index is 3.37. The van der Waals surface area contributed by atoms with E-state index >= 15 is 0 Å². The molecule has 0 spiro atoms. The zero-order valence-corrected chi connectivity index (χ0v) is 9.52. The SMILES string of the molecule is CCC(C)=CNc1c(C)cccc1C. The standard InChI is InChI=1S/C13H19N/c1-5-10(2)9-14-13-11(3)7-6-8-12(13)4/h6-9,14H,5H2,1-4H3. The molecule has 0 radical (unpaired) electrons. The highest BCUT2D eigenvalue weighted by Crippen LogP contribution is 2.19. The van der Waals surface area contributed by atoms with Gasteiger partial charge in [-0.1, -0.05) is 30.7 Å². The van der Waals surface area contributed by atoms with Gasteiger partial charge in [0.25, 0.3) is 0 Å². The Balaban J connectivity index is 2.86. The molecule has 0 saturated carbocycles. The van der Waals surface area contributed by atoms with Crippen LogP contribution < -0.4 is 5.32 Å². The van der Waals surface area contributed by atoms with Crippen molar-refractivity contribution in [2.45, 2.75) is 34.1 Å². The van der Waals surface area contributed by atoms with Crippen molar-refractivity contribution in [3.05, 3.63) is 41.1 Å². The van der Waals surface area contributed by atoms with Crippen LogP contribution in [0.2, 0.25) is 0 Å². The van der Waals surface area contributed by atoms with Gasteiger partial charge in [0.2, 0.25) is 0 Å². The molecule has 0 aliphatic rings. The maximum absolute atomic E-state index is 3.37. The normalized spacial score (nSPS) is 11.6. The predicted molar refractivity (Wildman–Crippen MR) is 63.6 cm³/mol. The lowest BCUT2D eigenvalue weighted by molar-refractivity contribution is 1.09. The van der Waals surface area contributed by atoms with Gasteiger partial charge in [-0.15, -0.1) is 0 Å². The van der Waals surface area contributed by atoms with Crippen molar-refractivity contribution in [1.82, 2.24) is 0 Å². The molecule has 1 heteroatoms. The summed E-state index contributed by atoms with van der Waals surface area (Å²) >= 11 is 0. The molecule has 0 unspecified atom stereocenters. The zero-order valence-electron chi connectivity index (χ0n) is 9.52. The van der Waals surface area contributed by atoms with Gasteiger partial charge >= 0.3 is 0 Å². The fourth-order valence-electron chi connectivity index (χ4n) is 1.34. The first kappa shape index (κ1) is 10.8. The Morgan fingerprint density at radius 3 is 2.36 bits per heavy atom. The van der Waals surface area contributed by atoms with Gasteiger partial charge in [0, 0.05) is 5.69 Å². The van der Waals surface area contributed by atoms with Crippen LogP contribution in [0.1, 0.15) is 31.4 Å². The van der Waals surface area contributed by atoms with E-state index in [-0.39, 0.29) is 0 Å².